The van der Waals surface area contributed by atoms with Crippen LogP contribution in [0, 0.1) is 0 Å². The maximum Gasteiger partial charge on any atom is 0.241 e. The smallest absolute Gasteiger partial charge is 0.241 e. The van der Waals surface area contributed by atoms with E-state index in [1.165, 1.54) is 4.90 Å². The zero-order valence-electron chi connectivity index (χ0n) is 14.5. The average Bonchev–Trinajstić information content (AvgIpc) is 3.11. The number of likely N-dealkylation sites (N-methyl/N-ethyl adjacent to an activating group) is 1. The molecule has 0 spiro atoms. The number of hydrogen-bond donors (Lipinski definition) is 2. The molecule has 2 rings (SSSR count). The summed E-state index contributed by atoms with van der Waals surface area (Å²) in [5, 5.41) is 6.92. The number of carbonyl (C=O) groups excluding carboxylic acids is 1. The average molecular weight is 363 g/mol. The Labute approximate surface area is 152 Å². The van der Waals surface area contributed by atoms with Crippen LogP contribution in [0.15, 0.2) is 52.1 Å². The highest BCUT2D eigenvalue weighted by atomic mass is 35.5. The highest BCUT2D eigenvalue weighted by Crippen LogP contribution is 2.15. The van der Waals surface area contributed by atoms with Crippen LogP contribution in [0.3, 0.4) is 0 Å². The summed E-state index contributed by atoms with van der Waals surface area (Å²) < 4.78 is 5.31. The Hall–Kier alpha value is -2.47. The van der Waals surface area contributed by atoms with E-state index in [-0.39, 0.29) is 12.5 Å². The number of guanidine groups is 1. The summed E-state index contributed by atoms with van der Waals surface area (Å²) in [6.07, 6.45) is 2.37. The quantitative estimate of drug-likeness (QED) is 0.585. The Kier molecular flexibility index (Phi) is 7.35. The summed E-state index contributed by atoms with van der Waals surface area (Å²) in [4.78, 5) is 17.8. The summed E-state index contributed by atoms with van der Waals surface area (Å²) in [5.41, 5.74) is 0.926. The molecule has 7 heteroatoms. The van der Waals surface area contributed by atoms with Gasteiger partial charge in [-0.25, -0.2) is 4.99 Å². The van der Waals surface area contributed by atoms with Gasteiger partial charge in [0.25, 0.3) is 0 Å². The number of nitrogens with zero attached hydrogens (tertiary/aromatic N) is 2. The molecule has 0 radical (unpaired) electrons. The first-order valence-corrected chi connectivity index (χ1v) is 8.42. The molecule has 0 saturated heterocycles. The van der Waals surface area contributed by atoms with Gasteiger partial charge in [0.15, 0.2) is 5.96 Å². The van der Waals surface area contributed by atoms with Crippen LogP contribution < -0.4 is 10.6 Å². The van der Waals surface area contributed by atoms with Crippen molar-refractivity contribution in [1.29, 1.82) is 0 Å². The molecule has 0 saturated carbocycles. The second-order valence-electron chi connectivity index (χ2n) is 5.65. The zero-order chi connectivity index (χ0) is 18.1. The standard InChI is InChI=1S/C18H23ClN4O2/c1-23(2)17(24)13-22-18(20-10-9-15-7-5-11-25-15)21-12-14-6-3-4-8-16(14)19/h3-8,11H,9-10,12-13H2,1-2H3,(H2,20,21,22). The van der Waals surface area contributed by atoms with Gasteiger partial charge < -0.3 is 20.0 Å². The zero-order valence-corrected chi connectivity index (χ0v) is 15.2. The van der Waals surface area contributed by atoms with E-state index >= 15 is 0 Å². The summed E-state index contributed by atoms with van der Waals surface area (Å²) >= 11 is 6.17. The van der Waals surface area contributed by atoms with Crippen molar-refractivity contribution in [2.75, 3.05) is 27.2 Å². The largest absolute Gasteiger partial charge is 0.469 e. The monoisotopic (exact) mass is 362 g/mol. The third-order valence-electron chi connectivity index (χ3n) is 3.52. The molecule has 0 atom stereocenters. The van der Waals surface area contributed by atoms with Gasteiger partial charge >= 0.3 is 0 Å². The number of benzene rings is 1. The highest BCUT2D eigenvalue weighted by Gasteiger charge is 2.07. The van der Waals surface area contributed by atoms with Crippen molar-refractivity contribution < 1.29 is 9.21 Å². The molecule has 1 aromatic carbocycles. The lowest BCUT2D eigenvalue weighted by molar-refractivity contribution is -0.127. The summed E-state index contributed by atoms with van der Waals surface area (Å²) in [6, 6.07) is 11.3. The van der Waals surface area contributed by atoms with Crippen molar-refractivity contribution >= 4 is 23.5 Å². The lowest BCUT2D eigenvalue weighted by Gasteiger charge is -2.15. The Morgan fingerprint density at radius 2 is 2.00 bits per heavy atom. The van der Waals surface area contributed by atoms with Gasteiger partial charge in [0, 0.05) is 32.1 Å². The number of hydrogen-bond acceptors (Lipinski definition) is 3. The molecule has 6 nitrogen and oxygen atoms in total. The molecule has 1 amide bonds. The maximum atomic E-state index is 11.8. The van der Waals surface area contributed by atoms with E-state index in [1.807, 2.05) is 36.4 Å². The predicted molar refractivity (Wildman–Crippen MR) is 99.7 cm³/mol. The normalized spacial score (nSPS) is 11.2. The minimum Gasteiger partial charge on any atom is -0.469 e. The first-order chi connectivity index (χ1) is 12.1. The Morgan fingerprint density at radius 1 is 1.20 bits per heavy atom. The van der Waals surface area contributed by atoms with Gasteiger partial charge in [-0.05, 0) is 23.8 Å². The topological polar surface area (TPSA) is 69.9 Å². The molecular formula is C18H23ClN4O2. The van der Waals surface area contributed by atoms with Crippen LogP contribution in [0.25, 0.3) is 0 Å². The van der Waals surface area contributed by atoms with Gasteiger partial charge in [0.05, 0.1) is 19.4 Å². The van der Waals surface area contributed by atoms with Crippen LogP contribution in [0.1, 0.15) is 11.3 Å². The van der Waals surface area contributed by atoms with Gasteiger partial charge in [-0.1, -0.05) is 29.8 Å². The van der Waals surface area contributed by atoms with Crippen molar-refractivity contribution in [3.05, 3.63) is 59.0 Å². The molecule has 0 aliphatic heterocycles. The molecule has 25 heavy (non-hydrogen) atoms. The van der Waals surface area contributed by atoms with E-state index in [4.69, 9.17) is 16.0 Å². The van der Waals surface area contributed by atoms with Crippen LogP contribution in [0.5, 0.6) is 0 Å². The summed E-state index contributed by atoms with van der Waals surface area (Å²) in [7, 11) is 3.43. The lowest BCUT2D eigenvalue weighted by atomic mass is 10.2. The third kappa shape index (κ3) is 6.51. The van der Waals surface area contributed by atoms with Gasteiger partial charge in [-0.2, -0.15) is 0 Å². The number of furan rings is 1. The van der Waals surface area contributed by atoms with Crippen LogP contribution in [0.4, 0.5) is 0 Å². The number of aliphatic imine (C=N–C) groups is 1. The van der Waals surface area contributed by atoms with E-state index in [0.717, 1.165) is 17.7 Å². The highest BCUT2D eigenvalue weighted by molar-refractivity contribution is 6.31. The van der Waals surface area contributed by atoms with Gasteiger partial charge in [-0.3, -0.25) is 4.79 Å². The molecule has 0 fully saturated rings. The van der Waals surface area contributed by atoms with Crippen LogP contribution >= 0.6 is 11.6 Å². The van der Waals surface area contributed by atoms with E-state index in [9.17, 15) is 4.79 Å². The molecule has 2 N–H and O–H groups in total. The Balaban J connectivity index is 1.95. The third-order valence-corrected chi connectivity index (χ3v) is 3.88. The molecule has 0 bridgehead atoms. The fraction of sp³-hybridized carbons (Fsp3) is 0.333. The van der Waals surface area contributed by atoms with E-state index in [0.29, 0.717) is 24.1 Å². The second-order valence-corrected chi connectivity index (χ2v) is 6.06. The van der Waals surface area contributed by atoms with E-state index in [2.05, 4.69) is 15.6 Å². The van der Waals surface area contributed by atoms with E-state index < -0.39 is 0 Å². The van der Waals surface area contributed by atoms with Gasteiger partial charge in [0.2, 0.25) is 5.91 Å². The molecule has 134 valence electrons. The summed E-state index contributed by atoms with van der Waals surface area (Å²) in [6.45, 7) is 1.23. The number of rotatable bonds is 7. The number of halogens is 1. The van der Waals surface area contributed by atoms with Crippen molar-refractivity contribution in [3.8, 4) is 0 Å². The number of nitrogens with one attached hydrogen (secondary N) is 2. The second kappa shape index (κ2) is 9.74. The number of carbonyl (C=O) groups is 1. The fourth-order valence-electron chi connectivity index (χ4n) is 2.04. The fourth-order valence-corrected chi connectivity index (χ4v) is 2.24. The van der Waals surface area contributed by atoms with Crippen molar-refractivity contribution in [1.82, 2.24) is 15.5 Å². The first kappa shape index (κ1) is 18.9. The molecule has 1 aromatic heterocycles. The molecule has 0 aliphatic rings. The molecule has 0 unspecified atom stereocenters. The molecule has 0 aliphatic carbocycles. The van der Waals surface area contributed by atoms with Crippen LogP contribution in [-0.4, -0.2) is 44.0 Å². The van der Waals surface area contributed by atoms with E-state index in [1.54, 1.807) is 20.4 Å². The Bertz CT molecular complexity index is 699. The maximum absolute atomic E-state index is 11.8. The Morgan fingerprint density at radius 3 is 2.68 bits per heavy atom. The van der Waals surface area contributed by atoms with Crippen LogP contribution in [-0.2, 0) is 17.8 Å². The molecule has 1 heterocycles. The molecular weight excluding hydrogens is 340 g/mol. The molecule has 2 aromatic rings. The van der Waals surface area contributed by atoms with Crippen molar-refractivity contribution in [3.63, 3.8) is 0 Å². The van der Waals surface area contributed by atoms with Gasteiger partial charge in [-0.15, -0.1) is 0 Å². The van der Waals surface area contributed by atoms with Crippen LogP contribution in [0.2, 0.25) is 5.02 Å². The van der Waals surface area contributed by atoms with Crippen molar-refractivity contribution in [2.24, 2.45) is 4.99 Å². The SMILES string of the molecule is CN(C)C(=O)CNC(=NCc1ccccc1Cl)NCCc1ccco1. The summed E-state index contributed by atoms with van der Waals surface area (Å²) in [5.74, 6) is 1.42. The number of amides is 1. The van der Waals surface area contributed by atoms with Gasteiger partial charge in [0.1, 0.15) is 5.76 Å². The predicted octanol–water partition coefficient (Wildman–Crippen LogP) is 2.30. The lowest BCUT2D eigenvalue weighted by Crippen LogP contribution is -2.43. The van der Waals surface area contributed by atoms with Crippen molar-refractivity contribution in [2.45, 2.75) is 13.0 Å². The minimum atomic E-state index is -0.0294. The minimum absolute atomic E-state index is 0.0294. The first-order valence-electron chi connectivity index (χ1n) is 8.04.